The van der Waals surface area contributed by atoms with Gasteiger partial charge in [-0.15, -0.1) is 11.7 Å². The third kappa shape index (κ3) is 4.57. The number of benzene rings is 1. The maximum atomic E-state index is 5.01. The van der Waals surface area contributed by atoms with Gasteiger partial charge in [-0.05, 0) is 36.6 Å². The van der Waals surface area contributed by atoms with Crippen LogP contribution in [0.4, 0.5) is 0 Å². The average Bonchev–Trinajstić information content (AvgIpc) is 3.45. The Bertz CT molecular complexity index is 1450. The van der Waals surface area contributed by atoms with Gasteiger partial charge < -0.3 is 0 Å². The number of hydrogen-bond donors (Lipinski definition) is 0. The lowest BCUT2D eigenvalue weighted by Gasteiger charge is -2.51. The molecule has 0 fully saturated rings. The molecular weight excluding hydrogens is 490 g/mol. The fourth-order valence-corrected chi connectivity index (χ4v) is 7.08. The maximum Gasteiger partial charge on any atom is 0.208 e. The minimum atomic E-state index is -0.126. The molecule has 1 aliphatic carbocycles. The number of hydrogen-bond acceptors (Lipinski definition) is 3. The Kier molecular flexibility index (Phi) is 7.45. The summed E-state index contributed by atoms with van der Waals surface area (Å²) >= 11 is 0. The fraction of sp³-hybridized carbons (Fsp3) is 0.486. The lowest BCUT2D eigenvalue weighted by atomic mass is 9.54. The largest absolute Gasteiger partial charge is 0.248 e. The van der Waals surface area contributed by atoms with Crippen molar-refractivity contribution in [1.82, 2.24) is 20.0 Å². The molecule has 0 amide bonds. The fourth-order valence-electron chi connectivity index (χ4n) is 7.08. The van der Waals surface area contributed by atoms with E-state index in [4.69, 9.17) is 4.98 Å². The molecule has 2 aromatic heterocycles. The minimum absolute atomic E-state index is 0.0296. The molecular formula is C35H46N5+. The van der Waals surface area contributed by atoms with Crippen molar-refractivity contribution in [2.75, 3.05) is 0 Å². The Morgan fingerprint density at radius 1 is 1.15 bits per heavy atom. The number of allylic oxidation sites excluding steroid dienone is 5. The zero-order valence-corrected chi connectivity index (χ0v) is 25.5. The van der Waals surface area contributed by atoms with E-state index in [-0.39, 0.29) is 28.2 Å². The van der Waals surface area contributed by atoms with Crippen LogP contribution in [0.25, 0.3) is 17.0 Å². The van der Waals surface area contributed by atoms with Crippen LogP contribution in [-0.4, -0.2) is 20.0 Å². The lowest BCUT2D eigenvalue weighted by Crippen LogP contribution is -2.69. The van der Waals surface area contributed by atoms with Crippen molar-refractivity contribution in [3.63, 3.8) is 0 Å². The molecule has 40 heavy (non-hydrogen) atoms. The van der Waals surface area contributed by atoms with Crippen LogP contribution in [0.2, 0.25) is 0 Å². The Morgan fingerprint density at radius 3 is 2.60 bits per heavy atom. The van der Waals surface area contributed by atoms with Crippen LogP contribution < -0.4 is 4.57 Å². The van der Waals surface area contributed by atoms with E-state index < -0.39 is 0 Å². The molecule has 5 heteroatoms. The summed E-state index contributed by atoms with van der Waals surface area (Å²) in [6, 6.07) is 8.71. The molecule has 2 aliphatic rings. The van der Waals surface area contributed by atoms with E-state index in [2.05, 4.69) is 137 Å². The summed E-state index contributed by atoms with van der Waals surface area (Å²) in [7, 11) is 0. The number of aromatic nitrogens is 5. The zero-order valence-electron chi connectivity index (χ0n) is 25.5. The summed E-state index contributed by atoms with van der Waals surface area (Å²) in [5.41, 5.74) is 6.56. The van der Waals surface area contributed by atoms with Gasteiger partial charge in [0.2, 0.25) is 5.69 Å². The molecule has 3 heterocycles. The Labute approximate surface area is 240 Å². The molecule has 0 spiro atoms. The Balaban J connectivity index is 1.59. The molecule has 1 aromatic carbocycles. The van der Waals surface area contributed by atoms with E-state index in [1.165, 1.54) is 24.1 Å². The zero-order chi connectivity index (χ0) is 28.7. The first-order chi connectivity index (χ1) is 19.1. The number of fused-ring (bicyclic) bond motifs is 3. The van der Waals surface area contributed by atoms with Gasteiger partial charge in [0.25, 0.3) is 0 Å². The van der Waals surface area contributed by atoms with E-state index in [9.17, 15) is 0 Å². The first kappa shape index (κ1) is 28.2. The third-order valence-electron chi connectivity index (χ3n) is 9.56. The molecule has 0 saturated heterocycles. The van der Waals surface area contributed by atoms with Gasteiger partial charge in [-0.2, -0.15) is 4.57 Å². The highest BCUT2D eigenvalue weighted by atomic mass is 15.4. The molecule has 3 atom stereocenters. The van der Waals surface area contributed by atoms with Crippen molar-refractivity contribution in [2.24, 2.45) is 11.3 Å². The molecule has 1 aliphatic heterocycles. The van der Waals surface area contributed by atoms with Gasteiger partial charge in [0, 0.05) is 29.2 Å². The summed E-state index contributed by atoms with van der Waals surface area (Å²) in [5, 5.41) is 9.15. The van der Waals surface area contributed by atoms with Crippen molar-refractivity contribution in [1.29, 1.82) is 0 Å². The Hall–Kier alpha value is -3.34. The molecule has 0 saturated carbocycles. The van der Waals surface area contributed by atoms with Gasteiger partial charge in [0.1, 0.15) is 11.4 Å². The van der Waals surface area contributed by atoms with Crippen molar-refractivity contribution < 1.29 is 4.57 Å². The summed E-state index contributed by atoms with van der Waals surface area (Å²) < 4.78 is 4.48. The number of nitrogens with zero attached hydrogens (tertiary/aromatic N) is 5. The third-order valence-corrected chi connectivity index (χ3v) is 9.56. The molecule has 3 unspecified atom stereocenters. The molecule has 0 N–H and O–H groups in total. The monoisotopic (exact) mass is 536 g/mol. The minimum Gasteiger partial charge on any atom is -0.248 e. The topological polar surface area (TPSA) is 47.5 Å². The molecule has 0 radical (unpaired) electrons. The van der Waals surface area contributed by atoms with E-state index in [0.717, 1.165) is 41.9 Å². The van der Waals surface area contributed by atoms with E-state index >= 15 is 0 Å². The van der Waals surface area contributed by atoms with Crippen LogP contribution in [0.1, 0.15) is 97.0 Å². The van der Waals surface area contributed by atoms with Gasteiger partial charge in [-0.25, -0.2) is 9.67 Å². The second-order valence-electron chi connectivity index (χ2n) is 13.0. The summed E-state index contributed by atoms with van der Waals surface area (Å²) in [4.78, 5) is 5.01. The predicted molar refractivity (Wildman–Crippen MR) is 164 cm³/mol. The molecule has 0 bridgehead atoms. The standard InChI is InChI=1S/C35H46N5/c1-9-13-15-25-16-14-17-26(20-25)29-23-40(38-37-29)27-18-19-34(8)28(21-27)30-22-36-32(33(5,6)7)24-39(30)35(11-3,12-4)31(34)10-2/h10,14,16-24,28,31H,2,9,11-13,15H2,1,3-8H3/q+1. The summed E-state index contributed by atoms with van der Waals surface area (Å²) in [6.07, 6.45) is 21.3. The van der Waals surface area contributed by atoms with Crippen LogP contribution in [0.15, 0.2) is 73.7 Å². The smallest absolute Gasteiger partial charge is 0.208 e. The van der Waals surface area contributed by atoms with Crippen molar-refractivity contribution in [3.8, 4) is 11.3 Å². The van der Waals surface area contributed by atoms with Crippen molar-refractivity contribution in [2.45, 2.75) is 97.4 Å². The second kappa shape index (κ2) is 10.6. The van der Waals surface area contributed by atoms with Gasteiger partial charge in [0.15, 0.2) is 11.7 Å². The summed E-state index contributed by atoms with van der Waals surface area (Å²) in [6.45, 7) is 20.4. The van der Waals surface area contributed by atoms with Crippen molar-refractivity contribution in [3.05, 3.63) is 90.7 Å². The maximum absolute atomic E-state index is 5.01. The van der Waals surface area contributed by atoms with Crippen LogP contribution >= 0.6 is 0 Å². The van der Waals surface area contributed by atoms with Gasteiger partial charge in [0.05, 0.1) is 29.9 Å². The lowest BCUT2D eigenvalue weighted by molar-refractivity contribution is -0.789. The number of aryl methyl sites for hydroxylation is 1. The number of unbranched alkanes of at least 4 members (excludes halogenated alkanes) is 1. The van der Waals surface area contributed by atoms with Crippen LogP contribution in [0, 0.1) is 11.3 Å². The highest BCUT2D eigenvalue weighted by Gasteiger charge is 2.61. The van der Waals surface area contributed by atoms with E-state index in [1.807, 2.05) is 4.68 Å². The van der Waals surface area contributed by atoms with Crippen molar-refractivity contribution >= 4 is 5.70 Å². The average molecular weight is 537 g/mol. The highest BCUT2D eigenvalue weighted by Crippen LogP contribution is 2.56. The van der Waals surface area contributed by atoms with Crippen LogP contribution in [0.3, 0.4) is 0 Å². The molecule has 210 valence electrons. The SMILES string of the molecule is C=CC1C2(C)C=CC(n3cc(-c4cccc(CCCC)c4)nn3)=CC2c2cnc(C(C)(C)C)c[n+]2C1(CC)CC. The highest BCUT2D eigenvalue weighted by molar-refractivity contribution is 5.65. The van der Waals surface area contributed by atoms with E-state index in [1.54, 1.807) is 0 Å². The normalized spacial score (nSPS) is 23.3. The first-order valence-corrected chi connectivity index (χ1v) is 15.1. The quantitative estimate of drug-likeness (QED) is 0.218. The molecule has 5 nitrogen and oxygen atoms in total. The van der Waals surface area contributed by atoms with Gasteiger partial charge in [-0.1, -0.05) is 90.5 Å². The number of rotatable bonds is 8. The van der Waals surface area contributed by atoms with Gasteiger partial charge in [-0.3, -0.25) is 0 Å². The van der Waals surface area contributed by atoms with Gasteiger partial charge >= 0.3 is 0 Å². The predicted octanol–water partition coefficient (Wildman–Crippen LogP) is 7.80. The van der Waals surface area contributed by atoms with Crippen LogP contribution in [-0.2, 0) is 17.4 Å². The van der Waals surface area contributed by atoms with E-state index in [0.29, 0.717) is 0 Å². The van der Waals surface area contributed by atoms with Crippen LogP contribution in [0.5, 0.6) is 0 Å². The Morgan fingerprint density at radius 2 is 1.93 bits per heavy atom. The first-order valence-electron chi connectivity index (χ1n) is 15.1. The molecule has 5 rings (SSSR count). The second-order valence-corrected chi connectivity index (χ2v) is 13.0. The summed E-state index contributed by atoms with van der Waals surface area (Å²) in [5.74, 6) is 0.396. The molecule has 3 aromatic rings.